The monoisotopic (exact) mass is 255 g/mol. The van der Waals surface area contributed by atoms with Gasteiger partial charge in [0.1, 0.15) is 0 Å². The average Bonchev–Trinajstić information content (AvgIpc) is 2.39. The molecular weight excluding hydrogens is 234 g/mol. The fourth-order valence-corrected chi connectivity index (χ4v) is 1.83. The molecule has 102 valence electrons. The second kappa shape index (κ2) is 7.74. The van der Waals surface area contributed by atoms with Crippen LogP contribution in [0.5, 0.6) is 0 Å². The Morgan fingerprint density at radius 2 is 2.33 bits per heavy atom. The molecule has 18 heavy (non-hydrogen) atoms. The van der Waals surface area contributed by atoms with Crippen molar-refractivity contribution in [2.75, 3.05) is 13.7 Å². The quantitative estimate of drug-likeness (QED) is 0.731. The zero-order chi connectivity index (χ0) is 13.4. The second-order valence-corrected chi connectivity index (χ2v) is 4.30. The molecule has 0 aromatic heterocycles. The minimum absolute atomic E-state index is 0.193. The van der Waals surface area contributed by atoms with E-state index in [1.807, 2.05) is 6.92 Å². The maximum atomic E-state index is 11.9. The highest BCUT2D eigenvalue weighted by Gasteiger charge is 2.20. The van der Waals surface area contributed by atoms with Gasteiger partial charge in [-0.05, 0) is 25.3 Å². The molecule has 0 fully saturated rings. The van der Waals surface area contributed by atoms with Crippen LogP contribution in [-0.4, -0.2) is 31.6 Å². The van der Waals surface area contributed by atoms with Crippen LogP contribution in [0.3, 0.4) is 0 Å². The lowest BCUT2D eigenvalue weighted by Crippen LogP contribution is -2.38. The van der Waals surface area contributed by atoms with Crippen molar-refractivity contribution in [3.63, 3.8) is 0 Å². The first kappa shape index (κ1) is 14.5. The molecule has 0 radical (unpaired) electrons. The summed E-state index contributed by atoms with van der Waals surface area (Å²) in [6.07, 6.45) is 5.43. The third-order valence-corrected chi connectivity index (χ3v) is 2.77. The number of carbonyl (C=O) groups excluding carboxylic acids is 2. The summed E-state index contributed by atoms with van der Waals surface area (Å²) < 4.78 is 9.90. The van der Waals surface area contributed by atoms with Gasteiger partial charge in [0, 0.05) is 6.04 Å². The third-order valence-electron chi connectivity index (χ3n) is 2.77. The Morgan fingerprint density at radius 3 is 2.89 bits per heavy atom. The van der Waals surface area contributed by atoms with Crippen molar-refractivity contribution in [1.82, 2.24) is 5.32 Å². The lowest BCUT2D eigenvalue weighted by molar-refractivity contribution is -0.141. The summed E-state index contributed by atoms with van der Waals surface area (Å²) in [6.45, 7) is 2.58. The van der Waals surface area contributed by atoms with Gasteiger partial charge < -0.3 is 14.8 Å². The molecule has 5 nitrogen and oxygen atoms in total. The van der Waals surface area contributed by atoms with Gasteiger partial charge in [0.15, 0.2) is 5.76 Å². The SMILES string of the molecule is CCC[C@H](CC(=O)OC)NC(=O)C1=CCCCO1. The maximum Gasteiger partial charge on any atom is 0.307 e. The van der Waals surface area contributed by atoms with Crippen molar-refractivity contribution < 1.29 is 19.1 Å². The van der Waals surface area contributed by atoms with E-state index < -0.39 is 0 Å². The number of hydrogen-bond acceptors (Lipinski definition) is 4. The molecular formula is C13H21NO4. The Balaban J connectivity index is 2.51. The van der Waals surface area contributed by atoms with Crippen molar-refractivity contribution in [1.29, 1.82) is 0 Å². The van der Waals surface area contributed by atoms with E-state index in [1.165, 1.54) is 7.11 Å². The lowest BCUT2D eigenvalue weighted by atomic mass is 10.1. The van der Waals surface area contributed by atoms with Gasteiger partial charge >= 0.3 is 5.97 Å². The van der Waals surface area contributed by atoms with E-state index in [-0.39, 0.29) is 24.3 Å². The van der Waals surface area contributed by atoms with Crippen LogP contribution in [0.2, 0.25) is 0 Å². The van der Waals surface area contributed by atoms with Gasteiger partial charge in [0.25, 0.3) is 5.91 Å². The average molecular weight is 255 g/mol. The predicted octanol–water partition coefficient (Wildman–Crippen LogP) is 1.53. The standard InChI is InChI=1S/C13H21NO4/c1-3-6-10(9-12(15)17-2)14-13(16)11-7-4-5-8-18-11/h7,10H,3-6,8-9H2,1-2H3,(H,14,16)/t10-/m1/s1. The lowest BCUT2D eigenvalue weighted by Gasteiger charge is -2.19. The highest BCUT2D eigenvalue weighted by molar-refractivity contribution is 5.92. The van der Waals surface area contributed by atoms with E-state index in [2.05, 4.69) is 10.1 Å². The number of amides is 1. The Kier molecular flexibility index (Phi) is 6.25. The molecule has 0 aromatic carbocycles. The summed E-state index contributed by atoms with van der Waals surface area (Å²) in [7, 11) is 1.35. The Morgan fingerprint density at radius 1 is 1.56 bits per heavy atom. The number of carbonyl (C=O) groups is 2. The highest BCUT2D eigenvalue weighted by Crippen LogP contribution is 2.11. The van der Waals surface area contributed by atoms with E-state index >= 15 is 0 Å². The molecule has 0 aliphatic carbocycles. The molecule has 0 spiro atoms. The molecule has 0 aromatic rings. The maximum absolute atomic E-state index is 11.9. The summed E-state index contributed by atoms with van der Waals surface area (Å²) in [5.41, 5.74) is 0. The van der Waals surface area contributed by atoms with Crippen LogP contribution in [0.4, 0.5) is 0 Å². The van der Waals surface area contributed by atoms with Crippen molar-refractivity contribution >= 4 is 11.9 Å². The molecule has 5 heteroatoms. The van der Waals surface area contributed by atoms with Crippen LogP contribution in [-0.2, 0) is 19.1 Å². The van der Waals surface area contributed by atoms with Crippen LogP contribution in [0.25, 0.3) is 0 Å². The van der Waals surface area contributed by atoms with Gasteiger partial charge in [-0.3, -0.25) is 9.59 Å². The van der Waals surface area contributed by atoms with Crippen LogP contribution in [0, 0.1) is 0 Å². The highest BCUT2D eigenvalue weighted by atomic mass is 16.5. The van der Waals surface area contributed by atoms with Crippen molar-refractivity contribution in [2.45, 2.75) is 45.1 Å². The number of hydrogen-bond donors (Lipinski definition) is 1. The summed E-state index contributed by atoms with van der Waals surface area (Å²) in [4.78, 5) is 23.1. The van der Waals surface area contributed by atoms with Crippen molar-refractivity contribution in [3.8, 4) is 0 Å². The molecule has 1 N–H and O–H groups in total. The predicted molar refractivity (Wildman–Crippen MR) is 66.7 cm³/mol. The van der Waals surface area contributed by atoms with Crippen molar-refractivity contribution in [3.05, 3.63) is 11.8 Å². The zero-order valence-electron chi connectivity index (χ0n) is 11.0. The van der Waals surface area contributed by atoms with Gasteiger partial charge in [-0.25, -0.2) is 0 Å². The van der Waals surface area contributed by atoms with Gasteiger partial charge in [-0.15, -0.1) is 0 Å². The first-order valence-electron chi connectivity index (χ1n) is 6.38. The first-order chi connectivity index (χ1) is 8.67. The molecule has 0 saturated heterocycles. The Hall–Kier alpha value is -1.52. The second-order valence-electron chi connectivity index (χ2n) is 4.30. The Bertz CT molecular complexity index is 325. The minimum Gasteiger partial charge on any atom is -0.488 e. The van der Waals surface area contributed by atoms with Crippen LogP contribution in [0.1, 0.15) is 39.0 Å². The van der Waals surface area contributed by atoms with Crippen LogP contribution >= 0.6 is 0 Å². The molecule has 1 atom stereocenters. The topological polar surface area (TPSA) is 64.6 Å². The summed E-state index contributed by atoms with van der Waals surface area (Å²) in [5.74, 6) is -0.184. The number of ether oxygens (including phenoxy) is 2. The van der Waals surface area contributed by atoms with Gasteiger partial charge in [-0.1, -0.05) is 13.3 Å². The van der Waals surface area contributed by atoms with Crippen LogP contribution in [0.15, 0.2) is 11.8 Å². The number of esters is 1. The summed E-state index contributed by atoms with van der Waals surface area (Å²) in [5, 5.41) is 2.82. The fraction of sp³-hybridized carbons (Fsp3) is 0.692. The smallest absolute Gasteiger partial charge is 0.307 e. The molecule has 1 aliphatic heterocycles. The molecule has 0 saturated carbocycles. The number of allylic oxidation sites excluding steroid dienone is 1. The third kappa shape index (κ3) is 4.77. The van der Waals surface area contributed by atoms with E-state index in [0.717, 1.165) is 25.7 Å². The van der Waals surface area contributed by atoms with E-state index in [9.17, 15) is 9.59 Å². The van der Waals surface area contributed by atoms with E-state index in [4.69, 9.17) is 4.74 Å². The normalized spacial score (nSPS) is 16.2. The largest absolute Gasteiger partial charge is 0.488 e. The molecule has 0 unspecified atom stereocenters. The van der Waals surface area contributed by atoms with Gasteiger partial charge in [0.2, 0.25) is 0 Å². The van der Waals surface area contributed by atoms with E-state index in [1.54, 1.807) is 6.08 Å². The number of methoxy groups -OCH3 is 1. The molecule has 1 aliphatic rings. The summed E-state index contributed by atoms with van der Waals surface area (Å²) >= 11 is 0. The van der Waals surface area contributed by atoms with Gasteiger partial charge in [0.05, 0.1) is 20.1 Å². The molecule has 0 bridgehead atoms. The van der Waals surface area contributed by atoms with E-state index in [0.29, 0.717) is 12.4 Å². The number of nitrogens with one attached hydrogen (secondary N) is 1. The fourth-order valence-electron chi connectivity index (χ4n) is 1.83. The summed E-state index contributed by atoms with van der Waals surface area (Å²) in [6, 6.07) is -0.193. The first-order valence-corrected chi connectivity index (χ1v) is 6.38. The zero-order valence-corrected chi connectivity index (χ0v) is 11.0. The molecule has 1 heterocycles. The molecule has 1 rings (SSSR count). The number of rotatable bonds is 6. The molecule has 1 amide bonds. The van der Waals surface area contributed by atoms with Crippen LogP contribution < -0.4 is 5.32 Å². The minimum atomic E-state index is -0.313. The van der Waals surface area contributed by atoms with Gasteiger partial charge in [-0.2, -0.15) is 0 Å². The Labute approximate surface area is 108 Å². The van der Waals surface area contributed by atoms with Crippen molar-refractivity contribution in [2.24, 2.45) is 0 Å².